The fourth-order valence-electron chi connectivity index (χ4n) is 3.82. The van der Waals surface area contributed by atoms with E-state index >= 15 is 0 Å². The van der Waals surface area contributed by atoms with Crippen molar-refractivity contribution in [1.82, 2.24) is 0 Å². The zero-order valence-corrected chi connectivity index (χ0v) is 10.7. The smallest absolute Gasteiger partial charge is 0.00818 e. The van der Waals surface area contributed by atoms with Crippen molar-refractivity contribution < 1.29 is 0 Å². The zero-order chi connectivity index (χ0) is 12.4. The van der Waals surface area contributed by atoms with Crippen molar-refractivity contribution in [2.45, 2.75) is 19.3 Å². The summed E-state index contributed by atoms with van der Waals surface area (Å²) in [6, 6.07) is 4.84. The minimum atomic E-state index is 1.09. The highest BCUT2D eigenvalue weighted by molar-refractivity contribution is 5.95. The summed E-state index contributed by atoms with van der Waals surface area (Å²) in [5.74, 6) is 0. The van der Waals surface area contributed by atoms with Gasteiger partial charge in [-0.1, -0.05) is 36.5 Å². The highest BCUT2D eigenvalue weighted by Crippen LogP contribution is 2.30. The maximum atomic E-state index is 2.43. The van der Waals surface area contributed by atoms with Gasteiger partial charge < -0.3 is 0 Å². The monoisotopic (exact) mass is 242 g/mol. The van der Waals surface area contributed by atoms with Gasteiger partial charge >= 0.3 is 0 Å². The number of hydrogen-bond donors (Lipinski definition) is 0. The van der Waals surface area contributed by atoms with E-state index in [1.54, 1.807) is 0 Å². The Hall–Kier alpha value is -2.08. The molecule has 0 heterocycles. The number of allylic oxidation sites excluding steroid dienone is 2. The maximum Gasteiger partial charge on any atom is -0.00818 e. The van der Waals surface area contributed by atoms with Crippen molar-refractivity contribution in [2.24, 2.45) is 0 Å². The van der Waals surface area contributed by atoms with Gasteiger partial charge in [-0.3, -0.25) is 0 Å². The van der Waals surface area contributed by atoms with E-state index in [1.807, 2.05) is 0 Å². The first-order chi connectivity index (χ1) is 9.42. The molecule has 0 N–H and O–H groups in total. The van der Waals surface area contributed by atoms with Crippen LogP contribution in [0.3, 0.4) is 0 Å². The van der Waals surface area contributed by atoms with E-state index in [0.29, 0.717) is 0 Å². The van der Waals surface area contributed by atoms with Gasteiger partial charge in [-0.05, 0) is 74.9 Å². The van der Waals surface area contributed by atoms with Gasteiger partial charge in [0.2, 0.25) is 0 Å². The minimum Gasteiger partial charge on any atom is -0.0795 e. The van der Waals surface area contributed by atoms with Gasteiger partial charge in [0.15, 0.2) is 0 Å². The number of hydrogen-bond acceptors (Lipinski definition) is 0. The molecule has 2 aromatic carbocycles. The lowest BCUT2D eigenvalue weighted by atomic mass is 9.93. The van der Waals surface area contributed by atoms with E-state index in [-0.39, 0.29) is 0 Å². The van der Waals surface area contributed by atoms with Crippen molar-refractivity contribution in [3.8, 4) is 0 Å². The molecule has 2 aromatic rings. The van der Waals surface area contributed by atoms with E-state index < -0.39 is 0 Å². The quantitative estimate of drug-likeness (QED) is 0.666. The van der Waals surface area contributed by atoms with Gasteiger partial charge in [0.25, 0.3) is 0 Å². The van der Waals surface area contributed by atoms with Crippen LogP contribution >= 0.6 is 0 Å². The second-order valence-corrected chi connectivity index (χ2v) is 5.67. The van der Waals surface area contributed by atoms with Gasteiger partial charge in [-0.15, -0.1) is 0 Å². The largest absolute Gasteiger partial charge is 0.0795 e. The Morgan fingerprint density at radius 3 is 2.68 bits per heavy atom. The van der Waals surface area contributed by atoms with Crippen LogP contribution in [0.1, 0.15) is 28.7 Å². The molecule has 0 atom stereocenters. The molecule has 0 unspecified atom stereocenters. The molecule has 5 rings (SSSR count). The van der Waals surface area contributed by atoms with Gasteiger partial charge in [0.05, 0.1) is 0 Å². The lowest BCUT2D eigenvalue weighted by molar-refractivity contribution is 1.30. The predicted molar refractivity (Wildman–Crippen MR) is 82.2 cm³/mol. The third kappa shape index (κ3) is 1.14. The number of benzene rings is 2. The van der Waals surface area contributed by atoms with Crippen LogP contribution in [-0.2, 0) is 12.8 Å². The van der Waals surface area contributed by atoms with Crippen molar-refractivity contribution in [3.63, 3.8) is 0 Å². The Morgan fingerprint density at radius 2 is 1.68 bits per heavy atom. The summed E-state index contributed by atoms with van der Waals surface area (Å²) in [5.41, 5.74) is 5.91. The average Bonchev–Trinajstić information content (AvgIpc) is 3.15. The fraction of sp³-hybridized carbons (Fsp3) is 0.158. The van der Waals surface area contributed by atoms with Crippen molar-refractivity contribution in [2.75, 3.05) is 0 Å². The summed E-state index contributed by atoms with van der Waals surface area (Å²) in [7, 11) is 0. The molecule has 0 spiro atoms. The third-order valence-electron chi connectivity index (χ3n) is 4.69. The van der Waals surface area contributed by atoms with Gasteiger partial charge in [-0.25, -0.2) is 0 Å². The molecule has 19 heavy (non-hydrogen) atoms. The molecule has 0 heteroatoms. The molecule has 0 aromatic heterocycles. The first kappa shape index (κ1) is 9.80. The highest BCUT2D eigenvalue weighted by Gasteiger charge is 2.17. The molecule has 0 saturated carbocycles. The summed E-state index contributed by atoms with van der Waals surface area (Å²) in [5, 5.41) is 5.88. The van der Waals surface area contributed by atoms with E-state index in [4.69, 9.17) is 0 Å². The lowest BCUT2D eigenvalue weighted by Crippen LogP contribution is -2.26. The molecule has 3 aliphatic carbocycles. The molecule has 0 bridgehead atoms. The summed E-state index contributed by atoms with van der Waals surface area (Å²) < 4.78 is 0. The second kappa shape index (κ2) is 3.27. The van der Waals surface area contributed by atoms with Crippen molar-refractivity contribution >= 4 is 35.1 Å². The van der Waals surface area contributed by atoms with E-state index in [0.717, 1.165) is 19.3 Å². The van der Waals surface area contributed by atoms with E-state index in [1.165, 1.54) is 43.5 Å². The standard InChI is InChI=1S/C19H14/c1-4-12-10-18-16-8-2-6-14(16)15-7-3-9-17(15)19(18)11-13(12)5-1/h1-2,4,6-7,9-11H,3,5,8H2. The Labute approximate surface area is 112 Å². The molecule has 0 fully saturated rings. The van der Waals surface area contributed by atoms with Crippen LogP contribution in [0.4, 0.5) is 0 Å². The Balaban J connectivity index is 2.08. The first-order valence-corrected chi connectivity index (χ1v) is 7.07. The third-order valence-corrected chi connectivity index (χ3v) is 4.69. The predicted octanol–water partition coefficient (Wildman–Crippen LogP) is 2.94. The maximum absolute atomic E-state index is 2.43. The van der Waals surface area contributed by atoms with Crippen molar-refractivity contribution in [3.05, 3.63) is 57.0 Å². The molecule has 90 valence electrons. The summed E-state index contributed by atoms with van der Waals surface area (Å²) in [6.45, 7) is 0. The minimum absolute atomic E-state index is 1.09. The molecule has 0 nitrogen and oxygen atoms in total. The summed E-state index contributed by atoms with van der Waals surface area (Å²) in [6.07, 6.45) is 17.2. The van der Waals surface area contributed by atoms with E-state index in [2.05, 4.69) is 48.6 Å². The number of fused-ring (bicyclic) bond motifs is 7. The van der Waals surface area contributed by atoms with Crippen LogP contribution in [0, 0.1) is 0 Å². The average molecular weight is 242 g/mol. The van der Waals surface area contributed by atoms with Crippen LogP contribution in [0.15, 0.2) is 24.3 Å². The molecule has 0 amide bonds. The Kier molecular flexibility index (Phi) is 1.69. The Morgan fingerprint density at radius 1 is 0.789 bits per heavy atom. The van der Waals surface area contributed by atoms with Crippen LogP contribution in [-0.4, -0.2) is 0 Å². The lowest BCUT2D eigenvalue weighted by Gasteiger charge is -2.10. The topological polar surface area (TPSA) is 0 Å². The van der Waals surface area contributed by atoms with Gasteiger partial charge in [-0.2, -0.15) is 0 Å². The van der Waals surface area contributed by atoms with E-state index in [9.17, 15) is 0 Å². The van der Waals surface area contributed by atoms with Gasteiger partial charge in [0, 0.05) is 0 Å². The summed E-state index contributed by atoms with van der Waals surface area (Å²) in [4.78, 5) is 0. The highest BCUT2D eigenvalue weighted by atomic mass is 14.2. The van der Waals surface area contributed by atoms with Crippen molar-refractivity contribution in [1.29, 1.82) is 0 Å². The molecular weight excluding hydrogens is 228 g/mol. The zero-order valence-electron chi connectivity index (χ0n) is 10.7. The fourth-order valence-corrected chi connectivity index (χ4v) is 3.82. The normalized spacial score (nSPS) is 17.3. The SMILES string of the molecule is C1=Cc2cc3c4c(c5c(c3cc2C1)=CCC=5)C=CC4. The number of rotatable bonds is 0. The molecular formula is C19H14. The van der Waals surface area contributed by atoms with Crippen LogP contribution in [0.5, 0.6) is 0 Å². The van der Waals surface area contributed by atoms with Crippen LogP contribution < -0.4 is 10.4 Å². The van der Waals surface area contributed by atoms with Crippen LogP contribution in [0.2, 0.25) is 0 Å². The first-order valence-electron chi connectivity index (χ1n) is 7.07. The second-order valence-electron chi connectivity index (χ2n) is 5.67. The Bertz CT molecular complexity index is 921. The van der Waals surface area contributed by atoms with Gasteiger partial charge in [0.1, 0.15) is 0 Å². The molecule has 3 aliphatic rings. The molecule has 0 saturated heterocycles. The summed E-state index contributed by atoms with van der Waals surface area (Å²) >= 11 is 0. The molecule has 0 radical (unpaired) electrons. The van der Waals surface area contributed by atoms with Crippen LogP contribution in [0.25, 0.3) is 35.1 Å². The molecule has 0 aliphatic heterocycles.